The van der Waals surface area contributed by atoms with E-state index >= 15 is 0 Å². The Morgan fingerprint density at radius 3 is 2.64 bits per heavy atom. The van der Waals surface area contributed by atoms with E-state index in [1.807, 2.05) is 6.07 Å². The zero-order chi connectivity index (χ0) is 10.6. The van der Waals surface area contributed by atoms with Gasteiger partial charge in [-0.25, -0.2) is 0 Å². The van der Waals surface area contributed by atoms with Gasteiger partial charge < -0.3 is 4.74 Å². The van der Waals surface area contributed by atoms with Crippen molar-refractivity contribution in [2.24, 2.45) is 0 Å². The standard InChI is InChI=1S/C12H16O2/c1-4-12-6-5-11(7-9(12)2)8-14-10(3)13/h5-7H,4,8H2,1-3H3. The summed E-state index contributed by atoms with van der Waals surface area (Å²) < 4.78 is 4.92. The molecular weight excluding hydrogens is 176 g/mol. The van der Waals surface area contributed by atoms with Gasteiger partial charge in [-0.15, -0.1) is 0 Å². The third kappa shape index (κ3) is 2.87. The van der Waals surface area contributed by atoms with E-state index in [-0.39, 0.29) is 5.97 Å². The van der Waals surface area contributed by atoms with Gasteiger partial charge in [0.15, 0.2) is 0 Å². The maximum Gasteiger partial charge on any atom is 0.302 e. The van der Waals surface area contributed by atoms with Crippen LogP contribution >= 0.6 is 0 Å². The molecule has 0 heterocycles. The zero-order valence-electron chi connectivity index (χ0n) is 8.96. The first kappa shape index (κ1) is 10.8. The molecule has 2 heteroatoms. The number of carbonyl (C=O) groups is 1. The molecule has 0 fully saturated rings. The third-order valence-corrected chi connectivity index (χ3v) is 2.23. The summed E-state index contributed by atoms with van der Waals surface area (Å²) >= 11 is 0. The lowest BCUT2D eigenvalue weighted by Gasteiger charge is -2.06. The van der Waals surface area contributed by atoms with E-state index in [1.54, 1.807) is 0 Å². The highest BCUT2D eigenvalue weighted by Gasteiger charge is 1.99. The Bertz CT molecular complexity index is 329. The fraction of sp³-hybridized carbons (Fsp3) is 0.417. The van der Waals surface area contributed by atoms with Crippen molar-refractivity contribution in [2.45, 2.75) is 33.8 Å². The molecule has 0 amide bonds. The van der Waals surface area contributed by atoms with Gasteiger partial charge in [0.1, 0.15) is 6.61 Å². The summed E-state index contributed by atoms with van der Waals surface area (Å²) in [6.45, 7) is 6.01. The van der Waals surface area contributed by atoms with Crippen molar-refractivity contribution >= 4 is 5.97 Å². The minimum absolute atomic E-state index is 0.234. The van der Waals surface area contributed by atoms with Crippen molar-refractivity contribution in [1.82, 2.24) is 0 Å². The Hall–Kier alpha value is -1.31. The Morgan fingerprint density at radius 1 is 1.43 bits per heavy atom. The average molecular weight is 192 g/mol. The second kappa shape index (κ2) is 4.80. The molecule has 0 aliphatic heterocycles. The monoisotopic (exact) mass is 192 g/mol. The van der Waals surface area contributed by atoms with Crippen molar-refractivity contribution < 1.29 is 9.53 Å². The van der Waals surface area contributed by atoms with Crippen molar-refractivity contribution in [3.63, 3.8) is 0 Å². The van der Waals surface area contributed by atoms with Crippen LogP contribution in [-0.2, 0) is 22.6 Å². The molecule has 1 aromatic carbocycles. The minimum atomic E-state index is -0.234. The molecule has 14 heavy (non-hydrogen) atoms. The molecule has 2 nitrogen and oxygen atoms in total. The van der Waals surface area contributed by atoms with Crippen molar-refractivity contribution in [3.8, 4) is 0 Å². The lowest BCUT2D eigenvalue weighted by Crippen LogP contribution is -1.99. The van der Waals surface area contributed by atoms with E-state index in [0.717, 1.165) is 12.0 Å². The molecule has 0 saturated carbocycles. The van der Waals surface area contributed by atoms with Crippen LogP contribution in [0, 0.1) is 6.92 Å². The molecule has 1 aromatic rings. The fourth-order valence-corrected chi connectivity index (χ4v) is 1.43. The maximum atomic E-state index is 10.6. The molecule has 0 aliphatic carbocycles. The lowest BCUT2D eigenvalue weighted by atomic mass is 10.0. The van der Waals surface area contributed by atoms with E-state index < -0.39 is 0 Å². The third-order valence-electron chi connectivity index (χ3n) is 2.23. The zero-order valence-corrected chi connectivity index (χ0v) is 8.96. The van der Waals surface area contributed by atoms with Crippen LogP contribution in [0.15, 0.2) is 18.2 Å². The predicted octanol–water partition coefficient (Wildman–Crippen LogP) is 2.62. The Kier molecular flexibility index (Phi) is 3.69. The van der Waals surface area contributed by atoms with E-state index in [1.165, 1.54) is 18.1 Å². The normalized spacial score (nSPS) is 9.93. The molecule has 0 saturated heterocycles. The second-order valence-corrected chi connectivity index (χ2v) is 3.39. The SMILES string of the molecule is CCc1ccc(COC(C)=O)cc1C. The van der Waals surface area contributed by atoms with Gasteiger partial charge >= 0.3 is 5.97 Å². The summed E-state index contributed by atoms with van der Waals surface area (Å²) in [7, 11) is 0. The van der Waals surface area contributed by atoms with Gasteiger partial charge in [-0.2, -0.15) is 0 Å². The van der Waals surface area contributed by atoms with Crippen LogP contribution in [0.2, 0.25) is 0 Å². The molecule has 0 unspecified atom stereocenters. The number of aryl methyl sites for hydroxylation is 2. The topological polar surface area (TPSA) is 26.3 Å². The van der Waals surface area contributed by atoms with Gasteiger partial charge in [0.05, 0.1) is 0 Å². The summed E-state index contributed by atoms with van der Waals surface area (Å²) in [5, 5.41) is 0. The number of ether oxygens (including phenoxy) is 1. The summed E-state index contributed by atoms with van der Waals surface area (Å²) in [5.74, 6) is -0.234. The van der Waals surface area contributed by atoms with E-state index in [4.69, 9.17) is 4.74 Å². The summed E-state index contributed by atoms with van der Waals surface area (Å²) in [5.41, 5.74) is 3.66. The average Bonchev–Trinajstić information content (AvgIpc) is 2.15. The number of carbonyl (C=O) groups excluding carboxylic acids is 1. The van der Waals surface area contributed by atoms with Gasteiger partial charge in [-0.3, -0.25) is 4.79 Å². The van der Waals surface area contributed by atoms with Crippen LogP contribution in [0.1, 0.15) is 30.5 Å². The molecule has 0 aliphatic rings. The molecule has 76 valence electrons. The number of hydrogen-bond donors (Lipinski definition) is 0. The first-order valence-electron chi connectivity index (χ1n) is 4.85. The smallest absolute Gasteiger partial charge is 0.302 e. The number of hydrogen-bond acceptors (Lipinski definition) is 2. The molecule has 0 N–H and O–H groups in total. The Balaban J connectivity index is 2.71. The Labute approximate surface area is 84.9 Å². The quantitative estimate of drug-likeness (QED) is 0.688. The first-order valence-corrected chi connectivity index (χ1v) is 4.85. The fourth-order valence-electron chi connectivity index (χ4n) is 1.43. The van der Waals surface area contributed by atoms with E-state index in [2.05, 4.69) is 26.0 Å². The molecule has 0 atom stereocenters. The highest BCUT2D eigenvalue weighted by molar-refractivity contribution is 5.65. The molecule has 0 bridgehead atoms. The lowest BCUT2D eigenvalue weighted by molar-refractivity contribution is -0.142. The largest absolute Gasteiger partial charge is 0.461 e. The molecule has 0 radical (unpaired) electrons. The number of esters is 1. The van der Waals surface area contributed by atoms with Crippen molar-refractivity contribution in [2.75, 3.05) is 0 Å². The summed E-state index contributed by atoms with van der Waals surface area (Å²) in [4.78, 5) is 10.6. The highest BCUT2D eigenvalue weighted by Crippen LogP contribution is 2.12. The number of benzene rings is 1. The predicted molar refractivity (Wildman–Crippen MR) is 56.0 cm³/mol. The van der Waals surface area contributed by atoms with Gasteiger partial charge in [0, 0.05) is 6.92 Å². The van der Waals surface area contributed by atoms with Crippen LogP contribution in [-0.4, -0.2) is 5.97 Å². The Morgan fingerprint density at radius 2 is 2.14 bits per heavy atom. The van der Waals surface area contributed by atoms with Crippen molar-refractivity contribution in [3.05, 3.63) is 34.9 Å². The second-order valence-electron chi connectivity index (χ2n) is 3.39. The molecule has 1 rings (SSSR count). The van der Waals surface area contributed by atoms with Crippen LogP contribution in [0.3, 0.4) is 0 Å². The molecule has 0 aromatic heterocycles. The van der Waals surface area contributed by atoms with Gasteiger partial charge in [-0.05, 0) is 30.0 Å². The van der Waals surface area contributed by atoms with Gasteiger partial charge in [-0.1, -0.05) is 25.1 Å². The maximum absolute atomic E-state index is 10.6. The van der Waals surface area contributed by atoms with Crippen LogP contribution in [0.25, 0.3) is 0 Å². The summed E-state index contributed by atoms with van der Waals surface area (Å²) in [6.07, 6.45) is 1.04. The first-order chi connectivity index (χ1) is 6.63. The minimum Gasteiger partial charge on any atom is -0.461 e. The number of rotatable bonds is 3. The van der Waals surface area contributed by atoms with Gasteiger partial charge in [0.25, 0.3) is 0 Å². The van der Waals surface area contributed by atoms with Crippen LogP contribution < -0.4 is 0 Å². The van der Waals surface area contributed by atoms with E-state index in [0.29, 0.717) is 6.61 Å². The molecule has 0 spiro atoms. The highest BCUT2D eigenvalue weighted by atomic mass is 16.5. The van der Waals surface area contributed by atoms with E-state index in [9.17, 15) is 4.79 Å². The van der Waals surface area contributed by atoms with Crippen LogP contribution in [0.4, 0.5) is 0 Å². The van der Waals surface area contributed by atoms with Crippen molar-refractivity contribution in [1.29, 1.82) is 0 Å². The summed E-state index contributed by atoms with van der Waals surface area (Å²) in [6, 6.07) is 6.17. The van der Waals surface area contributed by atoms with Gasteiger partial charge in [0.2, 0.25) is 0 Å². The van der Waals surface area contributed by atoms with Crippen LogP contribution in [0.5, 0.6) is 0 Å². The molecular formula is C12H16O2.